The Morgan fingerprint density at radius 3 is 2.80 bits per heavy atom. The maximum Gasteiger partial charge on any atom is 0.249 e. The molecule has 9 heteroatoms. The van der Waals surface area contributed by atoms with E-state index in [-0.39, 0.29) is 16.6 Å². The molecule has 0 radical (unpaired) electrons. The molecule has 1 aliphatic heterocycles. The van der Waals surface area contributed by atoms with Crippen LogP contribution in [0.2, 0.25) is 0 Å². The van der Waals surface area contributed by atoms with Gasteiger partial charge in [-0.1, -0.05) is 27.2 Å². The molecule has 1 aromatic heterocycles. The number of benzene rings is 1. The van der Waals surface area contributed by atoms with Crippen LogP contribution in [0.3, 0.4) is 0 Å². The predicted molar refractivity (Wildman–Crippen MR) is 95.7 cm³/mol. The quantitative estimate of drug-likeness (QED) is 0.809. The van der Waals surface area contributed by atoms with Crippen LogP contribution in [0.15, 0.2) is 38.2 Å². The fourth-order valence-corrected chi connectivity index (χ4v) is 5.39. The van der Waals surface area contributed by atoms with Crippen molar-refractivity contribution in [3.63, 3.8) is 0 Å². The number of aryl methyl sites for hydroxylation is 2. The summed E-state index contributed by atoms with van der Waals surface area (Å²) in [6.07, 6.45) is 1.10. The molecule has 2 aromatic rings. The largest absolute Gasteiger partial charge is 0.360 e. The molecule has 7 nitrogen and oxygen atoms in total. The molecule has 1 aromatic carbocycles. The summed E-state index contributed by atoms with van der Waals surface area (Å²) >= 11 is 3.35. The van der Waals surface area contributed by atoms with E-state index in [2.05, 4.69) is 26.4 Å². The molecule has 1 N–H and O–H groups in total. The molecule has 3 rings (SSSR count). The lowest BCUT2D eigenvalue weighted by Crippen LogP contribution is -2.43. The summed E-state index contributed by atoms with van der Waals surface area (Å²) in [6, 6.07) is 6.41. The predicted octanol–water partition coefficient (Wildman–Crippen LogP) is 2.85. The lowest BCUT2D eigenvalue weighted by molar-refractivity contribution is -0.119. The number of rotatable bonds is 4. The van der Waals surface area contributed by atoms with Gasteiger partial charge >= 0.3 is 0 Å². The standard InChI is InChI=1S/C16H18BrN3O4S/c1-10-15(11(2)24-19-10)25(22,23)20-8-4-7-14(20)16(21)18-13-6-3-5-12(17)9-13/h3,5-6,9,14H,4,7-8H2,1-2H3,(H,18,21)/t14-/m0/s1. The first-order valence-electron chi connectivity index (χ1n) is 7.82. The molecule has 2 heterocycles. The summed E-state index contributed by atoms with van der Waals surface area (Å²) in [6.45, 7) is 3.43. The van der Waals surface area contributed by atoms with E-state index in [1.54, 1.807) is 32.0 Å². The third-order valence-electron chi connectivity index (χ3n) is 4.13. The number of hydrogen-bond donors (Lipinski definition) is 1. The SMILES string of the molecule is Cc1noc(C)c1S(=O)(=O)N1CCC[C@H]1C(=O)Nc1cccc(Br)c1. The van der Waals surface area contributed by atoms with Gasteiger partial charge in [-0.15, -0.1) is 0 Å². The zero-order chi connectivity index (χ0) is 18.2. The van der Waals surface area contributed by atoms with Gasteiger partial charge in [0.2, 0.25) is 15.9 Å². The minimum atomic E-state index is -3.84. The van der Waals surface area contributed by atoms with Crippen molar-refractivity contribution >= 4 is 37.5 Å². The van der Waals surface area contributed by atoms with Gasteiger partial charge in [-0.2, -0.15) is 4.31 Å². The fourth-order valence-electron chi connectivity index (χ4n) is 3.04. The number of anilines is 1. The molecule has 1 aliphatic rings. The van der Waals surface area contributed by atoms with Gasteiger partial charge in [0.25, 0.3) is 0 Å². The van der Waals surface area contributed by atoms with Crippen LogP contribution < -0.4 is 5.32 Å². The second-order valence-corrected chi connectivity index (χ2v) is 8.67. The van der Waals surface area contributed by atoms with Gasteiger partial charge in [-0.3, -0.25) is 4.79 Å². The van der Waals surface area contributed by atoms with Crippen molar-refractivity contribution in [2.75, 3.05) is 11.9 Å². The van der Waals surface area contributed by atoms with E-state index in [4.69, 9.17) is 4.52 Å². The fraction of sp³-hybridized carbons (Fsp3) is 0.375. The highest BCUT2D eigenvalue weighted by Crippen LogP contribution is 2.30. The van der Waals surface area contributed by atoms with E-state index in [1.165, 1.54) is 4.31 Å². The van der Waals surface area contributed by atoms with Gasteiger partial charge < -0.3 is 9.84 Å². The summed E-state index contributed by atoms with van der Waals surface area (Å²) in [4.78, 5) is 12.7. The van der Waals surface area contributed by atoms with Crippen molar-refractivity contribution in [1.82, 2.24) is 9.46 Å². The molecule has 1 atom stereocenters. The van der Waals surface area contributed by atoms with Gasteiger partial charge in [0.15, 0.2) is 5.76 Å². The summed E-state index contributed by atoms with van der Waals surface area (Å²) < 4.78 is 33.1. The third-order valence-corrected chi connectivity index (χ3v) is 6.78. The summed E-state index contributed by atoms with van der Waals surface area (Å²) in [5, 5.41) is 6.50. The molecule has 134 valence electrons. The second kappa shape index (κ2) is 6.89. The maximum absolute atomic E-state index is 13.0. The second-order valence-electron chi connectivity index (χ2n) is 5.93. The number of carbonyl (C=O) groups is 1. The first kappa shape index (κ1) is 18.1. The van der Waals surface area contributed by atoms with Crippen LogP contribution in [-0.4, -0.2) is 36.4 Å². The van der Waals surface area contributed by atoms with E-state index in [0.717, 1.165) is 4.47 Å². The van der Waals surface area contributed by atoms with E-state index in [0.29, 0.717) is 30.8 Å². The van der Waals surface area contributed by atoms with Gasteiger partial charge in [-0.05, 0) is 44.9 Å². The first-order chi connectivity index (χ1) is 11.8. The Morgan fingerprint density at radius 2 is 2.16 bits per heavy atom. The monoisotopic (exact) mass is 427 g/mol. The van der Waals surface area contributed by atoms with Crippen LogP contribution in [0.25, 0.3) is 0 Å². The topological polar surface area (TPSA) is 92.5 Å². The first-order valence-corrected chi connectivity index (χ1v) is 10.0. The highest BCUT2D eigenvalue weighted by atomic mass is 79.9. The normalized spacial score (nSPS) is 18.4. The van der Waals surface area contributed by atoms with Crippen LogP contribution >= 0.6 is 15.9 Å². The summed E-state index contributed by atoms with van der Waals surface area (Å²) in [5.74, 6) is -0.110. The van der Waals surface area contributed by atoms with E-state index in [9.17, 15) is 13.2 Å². The molecule has 0 unspecified atom stereocenters. The number of nitrogens with one attached hydrogen (secondary N) is 1. The van der Waals surface area contributed by atoms with E-state index >= 15 is 0 Å². The minimum absolute atomic E-state index is 0.0506. The molecule has 0 aliphatic carbocycles. The van der Waals surface area contributed by atoms with E-state index in [1.807, 2.05) is 6.07 Å². The molecule has 0 spiro atoms. The minimum Gasteiger partial charge on any atom is -0.360 e. The number of hydrogen-bond acceptors (Lipinski definition) is 5. The zero-order valence-electron chi connectivity index (χ0n) is 13.8. The summed E-state index contributed by atoms with van der Waals surface area (Å²) in [7, 11) is -3.84. The van der Waals surface area contributed by atoms with Crippen LogP contribution in [-0.2, 0) is 14.8 Å². The molecule has 1 fully saturated rings. The number of nitrogens with zero attached hydrogens (tertiary/aromatic N) is 2. The smallest absolute Gasteiger partial charge is 0.249 e. The molecule has 0 bridgehead atoms. The van der Waals surface area contributed by atoms with E-state index < -0.39 is 16.1 Å². The van der Waals surface area contributed by atoms with Crippen LogP contribution in [0, 0.1) is 13.8 Å². The third kappa shape index (κ3) is 3.49. The number of amides is 1. The highest BCUT2D eigenvalue weighted by Gasteiger charge is 2.41. The Hall–Kier alpha value is -1.71. The average Bonchev–Trinajstić information content (AvgIpc) is 3.15. The Bertz CT molecular complexity index is 890. The van der Waals surface area contributed by atoms with Crippen molar-refractivity contribution in [1.29, 1.82) is 0 Å². The van der Waals surface area contributed by atoms with Crippen molar-refractivity contribution in [2.45, 2.75) is 37.6 Å². The Balaban J connectivity index is 1.86. The lowest BCUT2D eigenvalue weighted by atomic mass is 10.2. The molecule has 1 amide bonds. The van der Waals surface area contributed by atoms with Crippen molar-refractivity contribution in [3.8, 4) is 0 Å². The van der Waals surface area contributed by atoms with Crippen LogP contribution in [0.1, 0.15) is 24.3 Å². The van der Waals surface area contributed by atoms with Gasteiger partial charge in [-0.25, -0.2) is 8.42 Å². The molecule has 25 heavy (non-hydrogen) atoms. The Kier molecular flexibility index (Phi) is 4.99. The average molecular weight is 428 g/mol. The van der Waals surface area contributed by atoms with Crippen molar-refractivity contribution in [3.05, 3.63) is 40.2 Å². The zero-order valence-corrected chi connectivity index (χ0v) is 16.2. The lowest BCUT2D eigenvalue weighted by Gasteiger charge is -2.23. The number of sulfonamides is 1. The van der Waals surface area contributed by atoms with Crippen LogP contribution in [0.4, 0.5) is 5.69 Å². The van der Waals surface area contributed by atoms with Gasteiger partial charge in [0.05, 0.1) is 0 Å². The number of aromatic nitrogens is 1. The molecular formula is C16H18BrN3O4S. The van der Waals surface area contributed by atoms with Gasteiger partial charge in [0, 0.05) is 16.7 Å². The van der Waals surface area contributed by atoms with Gasteiger partial charge in [0.1, 0.15) is 16.6 Å². The molecule has 1 saturated heterocycles. The summed E-state index contributed by atoms with van der Waals surface area (Å²) in [5.41, 5.74) is 0.913. The number of carbonyl (C=O) groups excluding carboxylic acids is 1. The van der Waals surface area contributed by atoms with Crippen LogP contribution in [0.5, 0.6) is 0 Å². The van der Waals surface area contributed by atoms with Crippen molar-refractivity contribution in [2.24, 2.45) is 0 Å². The van der Waals surface area contributed by atoms with Crippen molar-refractivity contribution < 1.29 is 17.7 Å². The maximum atomic E-state index is 13.0. The highest BCUT2D eigenvalue weighted by molar-refractivity contribution is 9.10. The Labute approximate surface area is 154 Å². The molecular weight excluding hydrogens is 410 g/mol. The number of halogens is 1. The molecule has 0 saturated carbocycles. The Morgan fingerprint density at radius 1 is 1.40 bits per heavy atom.